The summed E-state index contributed by atoms with van der Waals surface area (Å²) in [5.41, 5.74) is 7.31. The van der Waals surface area contributed by atoms with Gasteiger partial charge < -0.3 is 18.9 Å². The fourth-order valence-electron chi connectivity index (χ4n) is 9.19. The fraction of sp³-hybridized carbons (Fsp3) is 0. The number of fused-ring (bicyclic) bond motifs is 10. The van der Waals surface area contributed by atoms with E-state index >= 15 is 0 Å². The third-order valence-corrected chi connectivity index (χ3v) is 14.0. The summed E-state index contributed by atoms with van der Waals surface area (Å²) in [4.78, 5) is 4.76. The molecule has 0 unspecified atom stereocenters. The Kier molecular flexibility index (Phi) is 7.03. The molecule has 4 heterocycles. The summed E-state index contributed by atoms with van der Waals surface area (Å²) in [6.45, 7) is 0.00907. The molecule has 0 saturated carbocycles. The van der Waals surface area contributed by atoms with Crippen molar-refractivity contribution >= 4 is 91.3 Å². The SMILES string of the molecule is c1ccc2c(c1)Oc1cc(Oc3ccc4ccccc4c3)cc3c1B2c1cc2c(cc1S3)Sc1cc(Oc3ccc4ccccc4c3)cc3c1B2c1ccccc1O3. The summed E-state index contributed by atoms with van der Waals surface area (Å²) in [5, 5.41) is 4.65. The predicted molar refractivity (Wildman–Crippen MR) is 238 cm³/mol. The molecule has 0 atom stereocenters. The first-order valence-electron chi connectivity index (χ1n) is 19.4. The van der Waals surface area contributed by atoms with Crippen molar-refractivity contribution in [1.29, 1.82) is 0 Å². The second-order valence-electron chi connectivity index (χ2n) is 15.2. The van der Waals surface area contributed by atoms with Crippen LogP contribution in [0.2, 0.25) is 0 Å². The van der Waals surface area contributed by atoms with E-state index in [1.54, 1.807) is 23.5 Å². The van der Waals surface area contributed by atoms with Crippen LogP contribution in [0.4, 0.5) is 0 Å². The van der Waals surface area contributed by atoms with Gasteiger partial charge >= 0.3 is 0 Å². The maximum absolute atomic E-state index is 6.71. The smallest absolute Gasteiger partial charge is 0.253 e. The highest BCUT2D eigenvalue weighted by molar-refractivity contribution is 8.01. The van der Waals surface area contributed by atoms with Crippen LogP contribution in [0.25, 0.3) is 21.5 Å². The molecule has 9 aromatic carbocycles. The van der Waals surface area contributed by atoms with Crippen LogP contribution in [0.15, 0.2) is 189 Å². The van der Waals surface area contributed by atoms with Crippen molar-refractivity contribution in [2.75, 3.05) is 0 Å². The topological polar surface area (TPSA) is 36.9 Å². The van der Waals surface area contributed by atoms with Gasteiger partial charge in [-0.15, -0.1) is 0 Å². The molecule has 58 heavy (non-hydrogen) atoms. The standard InChI is InChI=1S/C50H28B2O4S2/c1-3-11-31-21-33(19-17-29(31)9-1)53-35-23-43-49-47(25-35)57-45-28-46-40(27-39(45)51(49)37-13-5-7-15-41(37)55-43)52-38-14-6-8-16-42(38)56-44-24-36(26-48(58-46)50(44)52)54-34-20-18-30-10-2-4-12-32(30)22-34/h1-28H. The molecule has 0 aromatic heterocycles. The number of para-hydroxylation sites is 2. The van der Waals surface area contributed by atoms with E-state index in [0.717, 1.165) is 66.6 Å². The van der Waals surface area contributed by atoms with E-state index in [9.17, 15) is 0 Å². The van der Waals surface area contributed by atoms with Crippen LogP contribution < -0.4 is 51.7 Å². The van der Waals surface area contributed by atoms with Crippen molar-refractivity contribution in [3.63, 3.8) is 0 Å². The van der Waals surface area contributed by atoms with Crippen LogP contribution in [-0.4, -0.2) is 13.4 Å². The Morgan fingerprint density at radius 2 is 0.776 bits per heavy atom. The van der Waals surface area contributed by atoms with Gasteiger partial charge in [0, 0.05) is 31.7 Å². The lowest BCUT2D eigenvalue weighted by Crippen LogP contribution is -2.62. The Morgan fingerprint density at radius 3 is 1.28 bits per heavy atom. The minimum Gasteiger partial charge on any atom is -0.458 e. The summed E-state index contributed by atoms with van der Waals surface area (Å²) in [5.74, 6) is 6.53. The van der Waals surface area contributed by atoms with E-state index in [2.05, 4.69) is 158 Å². The highest BCUT2D eigenvalue weighted by Gasteiger charge is 2.44. The summed E-state index contributed by atoms with van der Waals surface area (Å²) in [6, 6.07) is 59.5. The van der Waals surface area contributed by atoms with E-state index < -0.39 is 0 Å². The van der Waals surface area contributed by atoms with E-state index in [4.69, 9.17) is 18.9 Å². The van der Waals surface area contributed by atoms with Crippen molar-refractivity contribution in [3.8, 4) is 46.0 Å². The number of hydrogen-bond acceptors (Lipinski definition) is 6. The zero-order valence-corrected chi connectivity index (χ0v) is 32.4. The van der Waals surface area contributed by atoms with Gasteiger partial charge in [-0.1, -0.05) is 138 Å². The molecule has 4 aliphatic rings. The molecule has 13 rings (SSSR count). The van der Waals surface area contributed by atoms with Crippen LogP contribution >= 0.6 is 23.5 Å². The third kappa shape index (κ3) is 5.08. The summed E-state index contributed by atoms with van der Waals surface area (Å²) in [6.07, 6.45) is 0. The molecule has 8 heteroatoms. The largest absolute Gasteiger partial charge is 0.458 e. The van der Waals surface area contributed by atoms with Gasteiger partial charge in [-0.2, -0.15) is 0 Å². The number of ether oxygens (including phenoxy) is 4. The molecule has 9 aromatic rings. The van der Waals surface area contributed by atoms with Crippen molar-refractivity contribution in [1.82, 2.24) is 0 Å². The van der Waals surface area contributed by atoms with Crippen molar-refractivity contribution in [3.05, 3.63) is 170 Å². The van der Waals surface area contributed by atoms with Gasteiger partial charge in [0.1, 0.15) is 46.0 Å². The lowest BCUT2D eigenvalue weighted by molar-refractivity contribution is 0.460. The highest BCUT2D eigenvalue weighted by Crippen LogP contribution is 2.45. The summed E-state index contributed by atoms with van der Waals surface area (Å²) < 4.78 is 26.6. The number of rotatable bonds is 4. The van der Waals surface area contributed by atoms with Gasteiger partial charge in [-0.05, 0) is 98.0 Å². The van der Waals surface area contributed by atoms with Crippen molar-refractivity contribution in [2.24, 2.45) is 0 Å². The highest BCUT2D eigenvalue weighted by atomic mass is 32.2. The van der Waals surface area contributed by atoms with Crippen molar-refractivity contribution in [2.45, 2.75) is 19.6 Å². The number of benzene rings is 9. The van der Waals surface area contributed by atoms with Crippen LogP contribution in [0.5, 0.6) is 46.0 Å². The molecule has 4 aliphatic heterocycles. The molecule has 0 spiro atoms. The van der Waals surface area contributed by atoms with Crippen LogP contribution in [0.3, 0.4) is 0 Å². The molecule has 0 saturated heterocycles. The van der Waals surface area contributed by atoms with Gasteiger partial charge in [0.25, 0.3) is 13.4 Å². The predicted octanol–water partition coefficient (Wildman–Crippen LogP) is 9.75. The molecule has 0 aliphatic carbocycles. The molecule has 0 radical (unpaired) electrons. The minimum atomic E-state index is 0.00454. The van der Waals surface area contributed by atoms with Crippen LogP contribution in [0, 0.1) is 0 Å². The zero-order chi connectivity index (χ0) is 37.9. The zero-order valence-electron chi connectivity index (χ0n) is 30.8. The average molecular weight is 779 g/mol. The molecular weight excluding hydrogens is 750 g/mol. The normalized spacial score (nSPS) is 13.6. The number of hydrogen-bond donors (Lipinski definition) is 0. The van der Waals surface area contributed by atoms with E-state index in [1.807, 2.05) is 12.1 Å². The Morgan fingerprint density at radius 1 is 0.328 bits per heavy atom. The monoisotopic (exact) mass is 778 g/mol. The molecule has 4 nitrogen and oxygen atoms in total. The van der Waals surface area contributed by atoms with Gasteiger partial charge in [0.2, 0.25) is 0 Å². The molecule has 0 fully saturated rings. The molecular formula is C50H28B2O4S2. The van der Waals surface area contributed by atoms with Gasteiger partial charge in [0.05, 0.1) is 0 Å². The minimum absolute atomic E-state index is 0.00454. The lowest BCUT2D eigenvalue weighted by Gasteiger charge is -2.36. The van der Waals surface area contributed by atoms with E-state index in [0.29, 0.717) is 0 Å². The molecule has 0 N–H and O–H groups in total. The van der Waals surface area contributed by atoms with Gasteiger partial charge in [-0.3, -0.25) is 0 Å². The van der Waals surface area contributed by atoms with E-state index in [1.165, 1.54) is 53.3 Å². The molecule has 0 amide bonds. The summed E-state index contributed by atoms with van der Waals surface area (Å²) in [7, 11) is 0. The first-order valence-corrected chi connectivity index (χ1v) is 21.1. The van der Waals surface area contributed by atoms with Crippen LogP contribution in [0.1, 0.15) is 0 Å². The van der Waals surface area contributed by atoms with E-state index in [-0.39, 0.29) is 13.4 Å². The van der Waals surface area contributed by atoms with Crippen molar-refractivity contribution < 1.29 is 18.9 Å². The summed E-state index contributed by atoms with van der Waals surface area (Å²) >= 11 is 3.60. The second kappa shape index (κ2) is 12.5. The van der Waals surface area contributed by atoms with Crippen LogP contribution in [-0.2, 0) is 0 Å². The van der Waals surface area contributed by atoms with Gasteiger partial charge in [0.15, 0.2) is 0 Å². The second-order valence-corrected chi connectivity index (χ2v) is 17.3. The lowest BCUT2D eigenvalue weighted by atomic mass is 9.32. The maximum Gasteiger partial charge on any atom is 0.253 e. The Labute approximate surface area is 343 Å². The van der Waals surface area contributed by atoms with Gasteiger partial charge in [-0.25, -0.2) is 0 Å². The maximum atomic E-state index is 6.71. The fourth-order valence-corrected chi connectivity index (χ4v) is 11.7. The Balaban J connectivity index is 0.940. The Bertz CT molecular complexity index is 3030. The average Bonchev–Trinajstić information content (AvgIpc) is 3.25. The quantitative estimate of drug-likeness (QED) is 0.166. The molecule has 270 valence electrons. The molecule has 0 bridgehead atoms. The third-order valence-electron chi connectivity index (χ3n) is 11.7. The first-order chi connectivity index (χ1) is 28.7. The first kappa shape index (κ1) is 32.6. The Hall–Kier alpha value is -6.47.